The van der Waals surface area contributed by atoms with Crippen LogP contribution in [0.4, 0.5) is 17.6 Å². The summed E-state index contributed by atoms with van der Waals surface area (Å²) in [6.07, 6.45) is 0. The summed E-state index contributed by atoms with van der Waals surface area (Å²) in [4.78, 5) is 12.6. The van der Waals surface area contributed by atoms with Crippen LogP contribution in [0, 0.1) is 5.82 Å². The molecule has 1 heterocycles. The van der Waals surface area contributed by atoms with E-state index in [9.17, 15) is 30.8 Å². The van der Waals surface area contributed by atoms with Gasteiger partial charge in [0.15, 0.2) is 11.5 Å². The van der Waals surface area contributed by atoms with E-state index in [0.717, 1.165) is 12.1 Å². The fraction of sp³-hybridized carbons (Fsp3) is 0.211. The Morgan fingerprint density at radius 1 is 1.23 bits per heavy atom. The molecule has 0 saturated carbocycles. The van der Waals surface area contributed by atoms with Crippen molar-refractivity contribution in [2.45, 2.75) is 12.4 Å². The highest BCUT2D eigenvalue weighted by Gasteiger charge is 2.49. The van der Waals surface area contributed by atoms with E-state index in [1.165, 1.54) is 19.2 Å². The van der Waals surface area contributed by atoms with Gasteiger partial charge in [0, 0.05) is 28.2 Å². The molecule has 0 spiro atoms. The second kappa shape index (κ2) is 8.10. The Balaban J connectivity index is 2.34. The standard InChI is InChI=1S/C19H15F4NO6S/c1-3-28-14-9-13-12(8-15(14)30-31(26,27)19(21,22)23)16(18(25)24-2)17(29-13)10-4-6-11(20)7-5-10/h4-9H,3H2,1-2H3,(H,24,25)/i1D3,3D2. The average Bonchev–Trinajstić information content (AvgIpc) is 3.10. The van der Waals surface area contributed by atoms with Gasteiger partial charge in [-0.15, -0.1) is 0 Å². The number of hydrogen-bond donors (Lipinski definition) is 1. The smallest absolute Gasteiger partial charge is 0.490 e. The highest BCUT2D eigenvalue weighted by atomic mass is 32.2. The summed E-state index contributed by atoms with van der Waals surface area (Å²) >= 11 is 0. The predicted octanol–water partition coefficient (Wildman–Crippen LogP) is 4.23. The maximum absolute atomic E-state index is 13.4. The Hall–Kier alpha value is -3.28. The number of carbonyl (C=O) groups excluding carboxylic acids is 1. The molecule has 0 atom stereocenters. The summed E-state index contributed by atoms with van der Waals surface area (Å²) in [5.41, 5.74) is -6.45. The first-order valence-electron chi connectivity index (χ1n) is 10.7. The van der Waals surface area contributed by atoms with Crippen LogP contribution in [0.25, 0.3) is 22.3 Å². The molecule has 31 heavy (non-hydrogen) atoms. The van der Waals surface area contributed by atoms with E-state index < -0.39 is 52.3 Å². The minimum Gasteiger partial charge on any atom is -0.490 e. The van der Waals surface area contributed by atoms with Crippen LogP contribution >= 0.6 is 0 Å². The average molecular weight is 466 g/mol. The van der Waals surface area contributed by atoms with Crippen molar-refractivity contribution >= 4 is 27.0 Å². The first-order chi connectivity index (χ1) is 16.4. The van der Waals surface area contributed by atoms with E-state index in [-0.39, 0.29) is 27.9 Å². The van der Waals surface area contributed by atoms with Gasteiger partial charge in [0.2, 0.25) is 0 Å². The zero-order valence-corrected chi connectivity index (χ0v) is 16.2. The zero-order chi connectivity index (χ0) is 27.3. The third-order valence-electron chi connectivity index (χ3n) is 3.96. The van der Waals surface area contributed by atoms with E-state index in [1.54, 1.807) is 0 Å². The van der Waals surface area contributed by atoms with Gasteiger partial charge in [0.1, 0.15) is 17.2 Å². The summed E-state index contributed by atoms with van der Waals surface area (Å²) in [6, 6.07) is 5.75. The fourth-order valence-corrected chi connectivity index (χ4v) is 3.09. The number of fused-ring (bicyclic) bond motifs is 1. The van der Waals surface area contributed by atoms with Gasteiger partial charge in [-0.2, -0.15) is 21.6 Å². The predicted molar refractivity (Wildman–Crippen MR) is 102 cm³/mol. The van der Waals surface area contributed by atoms with Crippen molar-refractivity contribution in [2.75, 3.05) is 13.6 Å². The Kier molecular flexibility index (Phi) is 4.29. The maximum Gasteiger partial charge on any atom is 0.534 e. The quantitative estimate of drug-likeness (QED) is 0.332. The molecule has 3 aromatic rings. The van der Waals surface area contributed by atoms with Gasteiger partial charge in [-0.3, -0.25) is 4.79 Å². The lowest BCUT2D eigenvalue weighted by atomic mass is 10.0. The fourth-order valence-electron chi connectivity index (χ4n) is 2.62. The molecule has 12 heteroatoms. The second-order valence-corrected chi connectivity index (χ2v) is 7.41. The van der Waals surface area contributed by atoms with Gasteiger partial charge >= 0.3 is 15.6 Å². The number of alkyl halides is 3. The van der Waals surface area contributed by atoms with Crippen molar-refractivity contribution in [1.29, 1.82) is 0 Å². The summed E-state index contributed by atoms with van der Waals surface area (Å²) in [6.45, 7) is -6.98. The molecular formula is C19H15F4NO6S. The van der Waals surface area contributed by atoms with Crippen molar-refractivity contribution < 1.29 is 51.0 Å². The van der Waals surface area contributed by atoms with Crippen LogP contribution in [-0.2, 0) is 10.1 Å². The summed E-state index contributed by atoms with van der Waals surface area (Å²) < 4.78 is 127. The van der Waals surface area contributed by atoms with Crippen LogP contribution in [0.2, 0.25) is 0 Å². The van der Waals surface area contributed by atoms with Gasteiger partial charge in [0.25, 0.3) is 5.91 Å². The highest BCUT2D eigenvalue weighted by molar-refractivity contribution is 7.88. The van der Waals surface area contributed by atoms with Crippen molar-refractivity contribution in [2.24, 2.45) is 0 Å². The molecule has 0 saturated heterocycles. The Labute approximate surface area is 180 Å². The summed E-state index contributed by atoms with van der Waals surface area (Å²) in [7, 11) is -5.13. The molecule has 0 radical (unpaired) electrons. The molecule has 7 nitrogen and oxygen atoms in total. The minimum atomic E-state index is -6.34. The number of ether oxygens (including phenoxy) is 1. The molecule has 1 aromatic heterocycles. The van der Waals surface area contributed by atoms with Crippen molar-refractivity contribution in [3.05, 3.63) is 47.8 Å². The Morgan fingerprint density at radius 2 is 1.90 bits per heavy atom. The Bertz CT molecular complexity index is 1420. The molecule has 0 aliphatic rings. The number of furan rings is 1. The van der Waals surface area contributed by atoms with E-state index in [2.05, 4.69) is 9.50 Å². The first kappa shape index (κ1) is 16.4. The molecule has 0 unspecified atom stereocenters. The van der Waals surface area contributed by atoms with Crippen molar-refractivity contribution in [3.63, 3.8) is 0 Å². The number of benzene rings is 2. The number of nitrogens with one attached hydrogen (secondary N) is 1. The van der Waals surface area contributed by atoms with E-state index in [4.69, 9.17) is 16.0 Å². The third-order valence-corrected chi connectivity index (χ3v) is 4.92. The van der Waals surface area contributed by atoms with Gasteiger partial charge in [-0.25, -0.2) is 4.39 Å². The highest BCUT2D eigenvalue weighted by Crippen LogP contribution is 2.41. The van der Waals surface area contributed by atoms with Crippen LogP contribution in [0.15, 0.2) is 40.8 Å². The molecule has 166 valence electrons. The molecule has 2 aromatic carbocycles. The second-order valence-electron chi connectivity index (χ2n) is 5.87. The topological polar surface area (TPSA) is 94.8 Å². The van der Waals surface area contributed by atoms with E-state index in [0.29, 0.717) is 12.1 Å². The summed E-state index contributed by atoms with van der Waals surface area (Å²) in [5.74, 6) is -4.05. The molecule has 0 aliphatic carbocycles. The zero-order valence-electron chi connectivity index (χ0n) is 20.3. The Morgan fingerprint density at radius 3 is 2.48 bits per heavy atom. The SMILES string of the molecule is [2H]C([2H])([2H])C([2H])([2H])Oc1cc2oc(-c3ccc(F)cc3)c(C(=O)NC)c2cc1OS(=O)(=O)C(F)(F)F. The molecule has 0 fully saturated rings. The normalized spacial score (nSPS) is 15.3. The number of rotatable bonds is 6. The van der Waals surface area contributed by atoms with Crippen LogP contribution in [0.1, 0.15) is 24.1 Å². The monoisotopic (exact) mass is 466 g/mol. The number of hydrogen-bond acceptors (Lipinski definition) is 6. The van der Waals surface area contributed by atoms with Gasteiger partial charge in [-0.05, 0) is 37.2 Å². The van der Waals surface area contributed by atoms with Crippen molar-refractivity contribution in [1.82, 2.24) is 5.32 Å². The van der Waals surface area contributed by atoms with Crippen LogP contribution < -0.4 is 14.2 Å². The minimum absolute atomic E-state index is 0.136. The number of halogens is 4. The molecule has 0 bridgehead atoms. The van der Waals surface area contributed by atoms with E-state index >= 15 is 0 Å². The summed E-state index contributed by atoms with van der Waals surface area (Å²) in [5, 5.41) is 1.97. The van der Waals surface area contributed by atoms with Crippen LogP contribution in [-0.4, -0.2) is 33.4 Å². The van der Waals surface area contributed by atoms with Gasteiger partial charge in [0.05, 0.1) is 14.9 Å². The van der Waals surface area contributed by atoms with Gasteiger partial charge < -0.3 is 18.7 Å². The van der Waals surface area contributed by atoms with Gasteiger partial charge in [-0.1, -0.05) is 0 Å². The van der Waals surface area contributed by atoms with Crippen molar-refractivity contribution in [3.8, 4) is 22.8 Å². The lowest BCUT2D eigenvalue weighted by Crippen LogP contribution is -2.28. The molecule has 0 aliphatic heterocycles. The number of amides is 1. The third kappa shape index (κ3) is 4.29. The molecule has 1 N–H and O–H groups in total. The first-order valence-corrected chi connectivity index (χ1v) is 9.57. The van der Waals surface area contributed by atoms with E-state index in [1.807, 2.05) is 0 Å². The van der Waals surface area contributed by atoms with Crippen LogP contribution in [0.3, 0.4) is 0 Å². The molecule has 1 amide bonds. The molecular weight excluding hydrogens is 446 g/mol. The number of carbonyl (C=O) groups is 1. The largest absolute Gasteiger partial charge is 0.534 e. The maximum atomic E-state index is 13.4. The molecule has 3 rings (SSSR count). The lowest BCUT2D eigenvalue weighted by Gasteiger charge is -2.13. The lowest BCUT2D eigenvalue weighted by molar-refractivity contribution is -0.0500. The van der Waals surface area contributed by atoms with Crippen LogP contribution in [0.5, 0.6) is 11.5 Å².